The normalized spacial score (nSPS) is 11.0. The molecule has 0 radical (unpaired) electrons. The molecule has 1 aromatic heterocycles. The van der Waals surface area contributed by atoms with Crippen molar-refractivity contribution in [1.82, 2.24) is 5.43 Å². The van der Waals surface area contributed by atoms with E-state index in [9.17, 15) is 4.79 Å². The molecule has 7 heteroatoms. The van der Waals surface area contributed by atoms with E-state index in [1.54, 1.807) is 25.5 Å². The van der Waals surface area contributed by atoms with E-state index in [4.69, 9.17) is 13.9 Å². The minimum Gasteiger partial charge on any atom is -0.493 e. The van der Waals surface area contributed by atoms with Gasteiger partial charge in [0.2, 0.25) is 0 Å². The molecule has 3 aromatic carbocycles. The van der Waals surface area contributed by atoms with E-state index in [-0.39, 0.29) is 5.76 Å². The van der Waals surface area contributed by atoms with Crippen LogP contribution in [0.1, 0.15) is 21.7 Å². The van der Waals surface area contributed by atoms with E-state index in [1.165, 1.54) is 11.6 Å². The van der Waals surface area contributed by atoms with Gasteiger partial charge in [0.05, 0.1) is 23.2 Å². The SMILES string of the molecule is COc1cc(/C=N\NC(=O)c2ccco2)cc(I)c1OCc1cccc2ccccc12. The largest absolute Gasteiger partial charge is 0.493 e. The maximum atomic E-state index is 11.9. The predicted octanol–water partition coefficient (Wildman–Crippen LogP) is 5.39. The van der Waals surface area contributed by atoms with Crippen molar-refractivity contribution in [2.24, 2.45) is 5.10 Å². The van der Waals surface area contributed by atoms with Crippen LogP contribution < -0.4 is 14.9 Å². The molecular formula is C24H19IN2O4. The van der Waals surface area contributed by atoms with Crippen molar-refractivity contribution in [3.63, 3.8) is 0 Å². The van der Waals surface area contributed by atoms with Crippen molar-refractivity contribution < 1.29 is 18.7 Å². The lowest BCUT2D eigenvalue weighted by Gasteiger charge is -2.14. The van der Waals surface area contributed by atoms with E-state index in [0.29, 0.717) is 18.1 Å². The summed E-state index contributed by atoms with van der Waals surface area (Å²) in [6.45, 7) is 0.417. The number of ether oxygens (including phenoxy) is 2. The van der Waals surface area contributed by atoms with Gasteiger partial charge in [-0.05, 0) is 68.8 Å². The summed E-state index contributed by atoms with van der Waals surface area (Å²) >= 11 is 2.20. The summed E-state index contributed by atoms with van der Waals surface area (Å²) in [5, 5.41) is 6.32. The van der Waals surface area contributed by atoms with Gasteiger partial charge in [0.1, 0.15) is 6.61 Å². The molecule has 0 aliphatic rings. The molecule has 0 aliphatic carbocycles. The lowest BCUT2D eigenvalue weighted by molar-refractivity contribution is 0.0927. The van der Waals surface area contributed by atoms with E-state index in [0.717, 1.165) is 20.1 Å². The Morgan fingerprint density at radius 3 is 2.77 bits per heavy atom. The minimum absolute atomic E-state index is 0.196. The molecule has 0 saturated heterocycles. The third-order valence-electron chi connectivity index (χ3n) is 4.63. The zero-order chi connectivity index (χ0) is 21.6. The van der Waals surface area contributed by atoms with Crippen molar-refractivity contribution in [2.45, 2.75) is 6.61 Å². The first-order chi connectivity index (χ1) is 15.2. The second kappa shape index (κ2) is 9.65. The summed E-state index contributed by atoms with van der Waals surface area (Å²) in [5.41, 5.74) is 4.29. The van der Waals surface area contributed by atoms with Crippen molar-refractivity contribution in [3.05, 3.63) is 93.5 Å². The summed E-state index contributed by atoms with van der Waals surface area (Å²) in [6, 6.07) is 21.3. The van der Waals surface area contributed by atoms with E-state index in [2.05, 4.69) is 57.4 Å². The Morgan fingerprint density at radius 1 is 1.13 bits per heavy atom. The zero-order valence-corrected chi connectivity index (χ0v) is 18.8. The minimum atomic E-state index is -0.419. The van der Waals surface area contributed by atoms with Crippen LogP contribution in [-0.2, 0) is 6.61 Å². The number of rotatable bonds is 7. The molecular weight excluding hydrogens is 507 g/mol. The van der Waals surface area contributed by atoms with E-state index in [1.807, 2.05) is 30.3 Å². The molecule has 1 heterocycles. The number of methoxy groups -OCH3 is 1. The quantitative estimate of drug-likeness (QED) is 0.199. The van der Waals surface area contributed by atoms with Crippen LogP contribution in [0.4, 0.5) is 0 Å². The third kappa shape index (κ3) is 4.88. The first kappa shape index (κ1) is 20.9. The van der Waals surface area contributed by atoms with Gasteiger partial charge in [-0.2, -0.15) is 5.10 Å². The molecule has 6 nitrogen and oxygen atoms in total. The molecule has 0 fully saturated rings. The molecule has 0 atom stereocenters. The number of furan rings is 1. The van der Waals surface area contributed by atoms with Crippen LogP contribution in [0.5, 0.6) is 11.5 Å². The molecule has 4 rings (SSSR count). The number of hydrogen-bond donors (Lipinski definition) is 1. The Hall–Kier alpha value is -3.33. The number of fused-ring (bicyclic) bond motifs is 1. The fourth-order valence-corrected chi connectivity index (χ4v) is 3.93. The van der Waals surface area contributed by atoms with Gasteiger partial charge in [0.15, 0.2) is 17.3 Å². The maximum Gasteiger partial charge on any atom is 0.307 e. The highest BCUT2D eigenvalue weighted by atomic mass is 127. The van der Waals surface area contributed by atoms with Gasteiger partial charge in [0.25, 0.3) is 0 Å². The smallest absolute Gasteiger partial charge is 0.307 e. The van der Waals surface area contributed by atoms with Gasteiger partial charge in [-0.15, -0.1) is 0 Å². The van der Waals surface area contributed by atoms with Crippen molar-refractivity contribution in [3.8, 4) is 11.5 Å². The highest BCUT2D eigenvalue weighted by molar-refractivity contribution is 14.1. The van der Waals surface area contributed by atoms with Gasteiger partial charge in [-0.1, -0.05) is 42.5 Å². The Balaban J connectivity index is 1.50. The number of nitrogens with zero attached hydrogens (tertiary/aromatic N) is 1. The number of carbonyl (C=O) groups excluding carboxylic acids is 1. The molecule has 31 heavy (non-hydrogen) atoms. The van der Waals surface area contributed by atoms with Crippen molar-refractivity contribution in [2.75, 3.05) is 7.11 Å². The summed E-state index contributed by atoms with van der Waals surface area (Å²) in [6.07, 6.45) is 2.98. The van der Waals surface area contributed by atoms with Gasteiger partial charge in [-0.25, -0.2) is 5.43 Å². The van der Waals surface area contributed by atoms with Crippen molar-refractivity contribution in [1.29, 1.82) is 0 Å². The third-order valence-corrected chi connectivity index (χ3v) is 5.43. The summed E-state index contributed by atoms with van der Waals surface area (Å²) in [5.74, 6) is 1.03. The molecule has 0 bridgehead atoms. The second-order valence-electron chi connectivity index (χ2n) is 6.64. The number of halogens is 1. The molecule has 0 saturated carbocycles. The molecule has 1 amide bonds. The number of carbonyl (C=O) groups is 1. The van der Waals surface area contributed by atoms with Crippen LogP contribution in [0.2, 0.25) is 0 Å². The van der Waals surface area contributed by atoms with Gasteiger partial charge in [-0.3, -0.25) is 4.79 Å². The number of hydrogen-bond acceptors (Lipinski definition) is 5. The Kier molecular flexibility index (Phi) is 6.51. The van der Waals surface area contributed by atoms with Gasteiger partial charge < -0.3 is 13.9 Å². The summed E-state index contributed by atoms with van der Waals surface area (Å²) < 4.78 is 17.6. The highest BCUT2D eigenvalue weighted by Crippen LogP contribution is 2.34. The van der Waals surface area contributed by atoms with E-state index >= 15 is 0 Å². The van der Waals surface area contributed by atoms with Crippen molar-refractivity contribution >= 4 is 45.5 Å². The lowest BCUT2D eigenvalue weighted by atomic mass is 10.1. The maximum absolute atomic E-state index is 11.9. The second-order valence-corrected chi connectivity index (χ2v) is 7.80. The molecule has 0 spiro atoms. The number of nitrogens with one attached hydrogen (secondary N) is 1. The average Bonchev–Trinajstić information content (AvgIpc) is 3.33. The predicted molar refractivity (Wildman–Crippen MR) is 128 cm³/mol. The van der Waals surface area contributed by atoms with Crippen LogP contribution in [-0.4, -0.2) is 19.2 Å². The van der Waals surface area contributed by atoms with Crippen LogP contribution in [0.3, 0.4) is 0 Å². The standard InChI is InChI=1S/C24H19IN2O4/c1-29-22-13-16(14-26-27-24(28)21-10-5-11-30-21)12-20(25)23(22)31-15-18-8-4-7-17-6-2-3-9-19(17)18/h2-14H,15H2,1H3,(H,27,28)/b26-14-. The molecule has 0 unspecified atom stereocenters. The van der Waals surface area contributed by atoms with Crippen LogP contribution in [0, 0.1) is 3.57 Å². The molecule has 4 aromatic rings. The zero-order valence-electron chi connectivity index (χ0n) is 16.7. The topological polar surface area (TPSA) is 73.1 Å². The first-order valence-electron chi connectivity index (χ1n) is 9.49. The number of benzene rings is 3. The number of amides is 1. The Bertz CT molecular complexity index is 1230. The lowest BCUT2D eigenvalue weighted by Crippen LogP contribution is -2.16. The summed E-state index contributed by atoms with van der Waals surface area (Å²) in [7, 11) is 1.59. The fraction of sp³-hybridized carbons (Fsp3) is 0.0833. The Morgan fingerprint density at radius 2 is 1.97 bits per heavy atom. The van der Waals surface area contributed by atoms with Gasteiger partial charge >= 0.3 is 5.91 Å². The highest BCUT2D eigenvalue weighted by Gasteiger charge is 2.13. The summed E-state index contributed by atoms with van der Waals surface area (Å²) in [4.78, 5) is 11.9. The molecule has 156 valence electrons. The van der Waals surface area contributed by atoms with Crippen LogP contribution in [0.15, 0.2) is 82.5 Å². The molecule has 1 N–H and O–H groups in total. The number of hydrazone groups is 1. The Labute approximate surface area is 193 Å². The van der Waals surface area contributed by atoms with E-state index < -0.39 is 5.91 Å². The first-order valence-corrected chi connectivity index (χ1v) is 10.6. The fourth-order valence-electron chi connectivity index (χ4n) is 3.15. The monoisotopic (exact) mass is 526 g/mol. The van der Waals surface area contributed by atoms with Crippen LogP contribution >= 0.6 is 22.6 Å². The van der Waals surface area contributed by atoms with Crippen LogP contribution in [0.25, 0.3) is 10.8 Å². The molecule has 0 aliphatic heterocycles. The average molecular weight is 526 g/mol. The van der Waals surface area contributed by atoms with Gasteiger partial charge in [0, 0.05) is 0 Å².